The average Bonchev–Trinajstić information content (AvgIpc) is 2.18. The fourth-order valence-corrected chi connectivity index (χ4v) is 2.58. The molecule has 82 valence electrons. The van der Waals surface area contributed by atoms with Gasteiger partial charge in [0.2, 0.25) is 5.91 Å². The van der Waals surface area contributed by atoms with Crippen molar-refractivity contribution in [1.82, 2.24) is 4.90 Å². The Labute approximate surface area is 87.3 Å². The minimum Gasteiger partial charge on any atom is -0.340 e. The van der Waals surface area contributed by atoms with Gasteiger partial charge < -0.3 is 10.6 Å². The fourth-order valence-electron chi connectivity index (χ4n) is 1.53. The van der Waals surface area contributed by atoms with Crippen LogP contribution in [0.3, 0.4) is 0 Å². The first-order valence-electron chi connectivity index (χ1n) is 5.04. The molecule has 0 aromatic heterocycles. The number of hydrogen-bond acceptors (Lipinski definition) is 3. The Hall–Kier alpha value is -0.420. The first kappa shape index (κ1) is 11.7. The lowest BCUT2D eigenvalue weighted by Crippen LogP contribution is -2.49. The summed E-state index contributed by atoms with van der Waals surface area (Å²) in [4.78, 5) is 13.4. The third kappa shape index (κ3) is 3.06. The van der Waals surface area contributed by atoms with Gasteiger partial charge in [-0.05, 0) is 6.42 Å². The summed E-state index contributed by atoms with van der Waals surface area (Å²) >= 11 is 0. The van der Waals surface area contributed by atoms with Crippen LogP contribution in [0.5, 0.6) is 0 Å². The number of rotatable bonds is 3. The normalized spacial score (nSPS) is 20.9. The van der Waals surface area contributed by atoms with Gasteiger partial charge in [-0.1, -0.05) is 13.3 Å². The largest absolute Gasteiger partial charge is 0.340 e. The van der Waals surface area contributed by atoms with Crippen molar-refractivity contribution in [3.05, 3.63) is 0 Å². The summed E-state index contributed by atoms with van der Waals surface area (Å²) in [6.07, 6.45) is 1.66. The Kier molecular flexibility index (Phi) is 4.54. The minimum atomic E-state index is -0.729. The van der Waals surface area contributed by atoms with Crippen molar-refractivity contribution in [2.45, 2.75) is 25.8 Å². The van der Waals surface area contributed by atoms with Gasteiger partial charge in [0.15, 0.2) is 0 Å². The summed E-state index contributed by atoms with van der Waals surface area (Å²) < 4.78 is 11.1. The number of hydrogen-bond donors (Lipinski definition) is 1. The van der Waals surface area contributed by atoms with Gasteiger partial charge in [0.05, 0.1) is 6.04 Å². The highest BCUT2D eigenvalue weighted by atomic mass is 32.2. The smallest absolute Gasteiger partial charge is 0.239 e. The molecule has 2 N–H and O–H groups in total. The number of carbonyl (C=O) groups excluding carboxylic acids is 1. The zero-order valence-electron chi connectivity index (χ0n) is 8.57. The first-order valence-corrected chi connectivity index (χ1v) is 6.53. The maximum atomic E-state index is 11.7. The van der Waals surface area contributed by atoms with E-state index < -0.39 is 10.8 Å². The molecule has 1 amide bonds. The molecule has 5 heteroatoms. The average molecular weight is 218 g/mol. The van der Waals surface area contributed by atoms with Crippen molar-refractivity contribution >= 4 is 16.7 Å². The van der Waals surface area contributed by atoms with Crippen LogP contribution in [0.25, 0.3) is 0 Å². The van der Waals surface area contributed by atoms with Crippen molar-refractivity contribution in [3.63, 3.8) is 0 Å². The van der Waals surface area contributed by atoms with Crippen LogP contribution < -0.4 is 5.73 Å². The molecule has 0 aliphatic carbocycles. The summed E-state index contributed by atoms with van der Waals surface area (Å²) in [6, 6.07) is -0.369. The molecule has 1 aliphatic heterocycles. The maximum Gasteiger partial charge on any atom is 0.239 e. The van der Waals surface area contributed by atoms with E-state index in [-0.39, 0.29) is 11.9 Å². The van der Waals surface area contributed by atoms with Gasteiger partial charge in [-0.2, -0.15) is 0 Å². The molecule has 14 heavy (non-hydrogen) atoms. The van der Waals surface area contributed by atoms with E-state index >= 15 is 0 Å². The Morgan fingerprint density at radius 3 is 2.57 bits per heavy atom. The van der Waals surface area contributed by atoms with E-state index in [1.165, 1.54) is 0 Å². The third-order valence-electron chi connectivity index (χ3n) is 2.41. The number of carbonyl (C=O) groups is 1. The van der Waals surface area contributed by atoms with Gasteiger partial charge in [0.1, 0.15) is 0 Å². The summed E-state index contributed by atoms with van der Waals surface area (Å²) in [6.45, 7) is 3.21. The van der Waals surface area contributed by atoms with Crippen LogP contribution in [0.1, 0.15) is 19.8 Å². The molecular formula is C9H18N2O2S. The molecule has 4 nitrogen and oxygen atoms in total. The SMILES string of the molecule is CCC[C@@H](N)C(=O)N1CCS(=O)CC1. The second-order valence-corrected chi connectivity index (χ2v) is 5.26. The topological polar surface area (TPSA) is 63.4 Å². The lowest BCUT2D eigenvalue weighted by molar-refractivity contribution is -0.132. The molecule has 1 atom stereocenters. The lowest BCUT2D eigenvalue weighted by atomic mass is 10.1. The summed E-state index contributed by atoms with van der Waals surface area (Å²) in [5, 5.41) is 0. The number of amides is 1. The van der Waals surface area contributed by atoms with E-state index in [1.54, 1.807) is 4.90 Å². The Bertz CT molecular complexity index is 223. The minimum absolute atomic E-state index is 0.0172. The summed E-state index contributed by atoms with van der Waals surface area (Å²) in [5.41, 5.74) is 5.73. The van der Waals surface area contributed by atoms with Crippen molar-refractivity contribution in [1.29, 1.82) is 0 Å². The highest BCUT2D eigenvalue weighted by Gasteiger charge is 2.23. The summed E-state index contributed by atoms with van der Waals surface area (Å²) in [7, 11) is -0.729. The highest BCUT2D eigenvalue weighted by molar-refractivity contribution is 7.85. The molecule has 0 unspecified atom stereocenters. The number of nitrogens with zero attached hydrogens (tertiary/aromatic N) is 1. The quantitative estimate of drug-likeness (QED) is 0.707. The Morgan fingerprint density at radius 2 is 2.07 bits per heavy atom. The van der Waals surface area contributed by atoms with Gasteiger partial charge in [0, 0.05) is 35.4 Å². The molecule has 0 aromatic carbocycles. The van der Waals surface area contributed by atoms with E-state index in [4.69, 9.17) is 5.73 Å². The zero-order valence-corrected chi connectivity index (χ0v) is 9.39. The van der Waals surface area contributed by atoms with E-state index in [0.29, 0.717) is 24.6 Å². The van der Waals surface area contributed by atoms with E-state index in [0.717, 1.165) is 12.8 Å². The van der Waals surface area contributed by atoms with E-state index in [1.807, 2.05) is 6.92 Å². The van der Waals surface area contributed by atoms with Crippen LogP contribution >= 0.6 is 0 Å². The second kappa shape index (κ2) is 5.46. The lowest BCUT2D eigenvalue weighted by Gasteiger charge is -2.28. The van der Waals surface area contributed by atoms with Gasteiger partial charge in [-0.3, -0.25) is 9.00 Å². The zero-order chi connectivity index (χ0) is 10.6. The first-order chi connectivity index (χ1) is 6.65. The molecule has 1 fully saturated rings. The van der Waals surface area contributed by atoms with Crippen LogP contribution in [0.2, 0.25) is 0 Å². The van der Waals surface area contributed by atoms with Crippen molar-refractivity contribution in [3.8, 4) is 0 Å². The molecule has 0 saturated carbocycles. The molecule has 0 radical (unpaired) electrons. The predicted molar refractivity (Wildman–Crippen MR) is 57.3 cm³/mol. The van der Waals surface area contributed by atoms with E-state index in [2.05, 4.69) is 0 Å². The van der Waals surface area contributed by atoms with Crippen LogP contribution in [0, 0.1) is 0 Å². The van der Waals surface area contributed by atoms with Gasteiger partial charge in [-0.25, -0.2) is 0 Å². The molecule has 0 bridgehead atoms. The van der Waals surface area contributed by atoms with Crippen LogP contribution in [0.15, 0.2) is 0 Å². The standard InChI is InChI=1S/C9H18N2O2S/c1-2-3-8(10)9(12)11-4-6-14(13)7-5-11/h8H,2-7,10H2,1H3/t8-/m1/s1. The van der Waals surface area contributed by atoms with Crippen molar-refractivity contribution < 1.29 is 9.00 Å². The maximum absolute atomic E-state index is 11.7. The number of nitrogens with two attached hydrogens (primary N) is 1. The van der Waals surface area contributed by atoms with Gasteiger partial charge in [-0.15, -0.1) is 0 Å². The fraction of sp³-hybridized carbons (Fsp3) is 0.889. The molecular weight excluding hydrogens is 200 g/mol. The van der Waals surface area contributed by atoms with Crippen molar-refractivity contribution in [2.24, 2.45) is 5.73 Å². The summed E-state index contributed by atoms with van der Waals surface area (Å²) in [5.74, 6) is 1.22. The molecule has 0 aromatic rings. The van der Waals surface area contributed by atoms with Crippen molar-refractivity contribution in [2.75, 3.05) is 24.6 Å². The van der Waals surface area contributed by atoms with Gasteiger partial charge >= 0.3 is 0 Å². The van der Waals surface area contributed by atoms with E-state index in [9.17, 15) is 9.00 Å². The molecule has 1 aliphatic rings. The van der Waals surface area contributed by atoms with Crippen LogP contribution in [-0.2, 0) is 15.6 Å². The molecule has 1 heterocycles. The third-order valence-corrected chi connectivity index (χ3v) is 3.68. The Balaban J connectivity index is 2.41. The van der Waals surface area contributed by atoms with Crippen LogP contribution in [-0.4, -0.2) is 45.7 Å². The monoisotopic (exact) mass is 218 g/mol. The van der Waals surface area contributed by atoms with Gasteiger partial charge in [0.25, 0.3) is 0 Å². The molecule has 1 saturated heterocycles. The van der Waals surface area contributed by atoms with Crippen LogP contribution in [0.4, 0.5) is 0 Å². The molecule has 0 spiro atoms. The Morgan fingerprint density at radius 1 is 1.50 bits per heavy atom. The highest BCUT2D eigenvalue weighted by Crippen LogP contribution is 2.04. The molecule has 1 rings (SSSR count). The predicted octanol–water partition coefficient (Wildman–Crippen LogP) is -0.295. The second-order valence-electron chi connectivity index (χ2n) is 3.57.